The molecule has 11 heteroatoms. The Balaban J connectivity index is 1.67. The van der Waals surface area contributed by atoms with Crippen LogP contribution in [-0.2, 0) is 20.8 Å². The van der Waals surface area contributed by atoms with Gasteiger partial charge in [0, 0.05) is 12.5 Å². The van der Waals surface area contributed by atoms with Gasteiger partial charge in [-0.05, 0) is 35.4 Å². The van der Waals surface area contributed by atoms with Crippen LogP contribution in [0.3, 0.4) is 0 Å². The van der Waals surface area contributed by atoms with Crippen molar-refractivity contribution < 1.29 is 33.9 Å². The van der Waals surface area contributed by atoms with Crippen LogP contribution in [-0.4, -0.2) is 47.6 Å². The summed E-state index contributed by atoms with van der Waals surface area (Å²) in [6, 6.07) is 18.5. The summed E-state index contributed by atoms with van der Waals surface area (Å²) in [7, 11) is 2.85. The zero-order valence-corrected chi connectivity index (χ0v) is 21.1. The van der Waals surface area contributed by atoms with E-state index in [0.717, 1.165) is 11.0 Å². The number of carboxylic acids is 1. The van der Waals surface area contributed by atoms with Gasteiger partial charge in [-0.1, -0.05) is 42.5 Å². The minimum atomic E-state index is -1.86. The highest BCUT2D eigenvalue weighted by atomic mass is 16.6. The molecule has 2 aliphatic rings. The lowest BCUT2D eigenvalue weighted by Gasteiger charge is -2.31. The summed E-state index contributed by atoms with van der Waals surface area (Å²) in [5, 5.41) is 25.6. The number of anilines is 1. The van der Waals surface area contributed by atoms with E-state index in [1.807, 2.05) is 0 Å². The number of benzene rings is 3. The van der Waals surface area contributed by atoms with Crippen molar-refractivity contribution in [2.75, 3.05) is 19.1 Å². The zero-order chi connectivity index (χ0) is 27.9. The first kappa shape index (κ1) is 25.9. The highest BCUT2D eigenvalue weighted by molar-refractivity contribution is 6.25. The maximum atomic E-state index is 14.0. The number of hydrogen-bond acceptors (Lipinski definition) is 8. The van der Waals surface area contributed by atoms with E-state index in [0.29, 0.717) is 16.9 Å². The van der Waals surface area contributed by atoms with E-state index in [2.05, 4.69) is 5.32 Å². The lowest BCUT2D eigenvalue weighted by atomic mass is 9.76. The second-order valence-corrected chi connectivity index (χ2v) is 9.46. The molecule has 3 aromatic rings. The molecule has 2 fully saturated rings. The van der Waals surface area contributed by atoms with Gasteiger partial charge in [-0.3, -0.25) is 29.8 Å². The van der Waals surface area contributed by atoms with Crippen LogP contribution >= 0.6 is 0 Å². The average Bonchev–Trinajstić information content (AvgIpc) is 3.42. The van der Waals surface area contributed by atoms with Crippen molar-refractivity contribution >= 4 is 29.2 Å². The van der Waals surface area contributed by atoms with Crippen LogP contribution in [0.5, 0.6) is 11.5 Å². The number of amides is 2. The van der Waals surface area contributed by atoms with E-state index in [-0.39, 0.29) is 17.9 Å². The maximum Gasteiger partial charge on any atom is 0.325 e. The Labute approximate surface area is 223 Å². The van der Waals surface area contributed by atoms with Crippen LogP contribution in [0, 0.1) is 22.0 Å². The van der Waals surface area contributed by atoms with Crippen molar-refractivity contribution in [3.63, 3.8) is 0 Å². The molecule has 0 bridgehead atoms. The summed E-state index contributed by atoms with van der Waals surface area (Å²) < 4.78 is 10.3. The lowest BCUT2D eigenvalue weighted by Crippen LogP contribution is -2.57. The molecular weight excluding hydrogens is 506 g/mol. The predicted octanol–water partition coefficient (Wildman–Crippen LogP) is 3.13. The summed E-state index contributed by atoms with van der Waals surface area (Å²) in [6.45, 7) is 0. The van der Waals surface area contributed by atoms with Gasteiger partial charge in [0.05, 0.1) is 37.0 Å². The Morgan fingerprint density at radius 3 is 2.23 bits per heavy atom. The highest BCUT2D eigenvalue weighted by Gasteiger charge is 2.69. The molecule has 0 aromatic heterocycles. The van der Waals surface area contributed by atoms with Gasteiger partial charge in [0.1, 0.15) is 22.7 Å². The average molecular weight is 532 g/mol. The first-order valence-electron chi connectivity index (χ1n) is 12.1. The number of ether oxygens (including phenoxy) is 2. The Morgan fingerprint density at radius 1 is 1.00 bits per heavy atom. The van der Waals surface area contributed by atoms with E-state index in [1.54, 1.807) is 54.6 Å². The van der Waals surface area contributed by atoms with Crippen LogP contribution < -0.4 is 19.7 Å². The Kier molecular flexibility index (Phi) is 6.52. The monoisotopic (exact) mass is 531 g/mol. The number of carbonyl (C=O) groups excluding carboxylic acids is 2. The smallest absolute Gasteiger partial charge is 0.325 e. The molecule has 0 aliphatic carbocycles. The minimum Gasteiger partial charge on any atom is -0.497 e. The van der Waals surface area contributed by atoms with Gasteiger partial charge in [0.15, 0.2) is 0 Å². The third kappa shape index (κ3) is 4.16. The van der Waals surface area contributed by atoms with Crippen molar-refractivity contribution in [3.05, 3.63) is 94.0 Å². The lowest BCUT2D eigenvalue weighted by molar-refractivity contribution is -0.384. The molecular formula is C28H25N3O8. The quantitative estimate of drug-likeness (QED) is 0.254. The molecule has 0 spiro atoms. The summed E-state index contributed by atoms with van der Waals surface area (Å²) >= 11 is 0. The summed E-state index contributed by atoms with van der Waals surface area (Å²) in [6.07, 6.45) is -0.0887. The van der Waals surface area contributed by atoms with Gasteiger partial charge in [-0.15, -0.1) is 0 Å². The van der Waals surface area contributed by atoms with Crippen LogP contribution in [0.2, 0.25) is 0 Å². The second-order valence-electron chi connectivity index (χ2n) is 9.46. The number of carbonyl (C=O) groups is 3. The topological polar surface area (TPSA) is 148 Å². The zero-order valence-electron chi connectivity index (χ0n) is 21.1. The summed E-state index contributed by atoms with van der Waals surface area (Å²) in [5.74, 6) is -4.57. The maximum absolute atomic E-state index is 14.0. The molecule has 39 heavy (non-hydrogen) atoms. The largest absolute Gasteiger partial charge is 0.497 e. The number of nitro groups is 1. The molecule has 0 saturated carbocycles. The molecule has 3 aromatic carbocycles. The molecule has 11 nitrogen and oxygen atoms in total. The Morgan fingerprint density at radius 2 is 1.64 bits per heavy atom. The fraction of sp³-hybridized carbons (Fsp3) is 0.250. The van der Waals surface area contributed by atoms with E-state index in [4.69, 9.17) is 9.47 Å². The van der Waals surface area contributed by atoms with E-state index in [1.165, 1.54) is 26.4 Å². The molecule has 200 valence electrons. The number of nitrogens with one attached hydrogen (secondary N) is 1. The highest BCUT2D eigenvalue weighted by Crippen LogP contribution is 2.52. The summed E-state index contributed by atoms with van der Waals surface area (Å²) in [4.78, 5) is 53.0. The molecule has 2 N–H and O–H groups in total. The van der Waals surface area contributed by atoms with Gasteiger partial charge in [0.2, 0.25) is 11.8 Å². The minimum absolute atomic E-state index is 0.0887. The van der Waals surface area contributed by atoms with Gasteiger partial charge >= 0.3 is 5.97 Å². The van der Waals surface area contributed by atoms with Gasteiger partial charge in [0.25, 0.3) is 5.69 Å². The van der Waals surface area contributed by atoms with Crippen molar-refractivity contribution in [1.82, 2.24) is 5.32 Å². The standard InChI is InChI=1S/C28H25N3O8/c1-38-18-10-8-17(9-11-18)24-22-23(28(29-24,27(34)35)15-16-6-4-3-5-7-16)26(33)30(25(22)32)20-13-12-19(39-2)14-21(20)31(36)37/h3-14,22-24,29H,15H2,1-2H3,(H,34,35)/t22-,23+,24-,28-/m0/s1. The van der Waals surface area contributed by atoms with Crippen molar-refractivity contribution in [1.29, 1.82) is 0 Å². The number of hydrogen-bond donors (Lipinski definition) is 2. The first-order chi connectivity index (χ1) is 18.7. The van der Waals surface area contributed by atoms with Gasteiger partial charge in [-0.25, -0.2) is 4.90 Å². The van der Waals surface area contributed by atoms with E-state index < -0.39 is 51.8 Å². The number of fused-ring (bicyclic) bond motifs is 1. The number of imide groups is 1. The van der Waals surface area contributed by atoms with Crippen LogP contribution in [0.25, 0.3) is 0 Å². The Bertz CT molecular complexity index is 1460. The number of rotatable bonds is 8. The molecule has 4 atom stereocenters. The van der Waals surface area contributed by atoms with Crippen molar-refractivity contribution in [2.45, 2.75) is 18.0 Å². The number of carboxylic acid groups (broad SMARTS) is 1. The second kappa shape index (κ2) is 9.84. The van der Waals surface area contributed by atoms with Gasteiger partial charge < -0.3 is 14.6 Å². The molecule has 2 aliphatic heterocycles. The third-order valence-electron chi connectivity index (χ3n) is 7.46. The molecule has 2 saturated heterocycles. The Hall–Kier alpha value is -4.77. The predicted molar refractivity (Wildman–Crippen MR) is 139 cm³/mol. The van der Waals surface area contributed by atoms with Crippen molar-refractivity contribution in [3.8, 4) is 11.5 Å². The fourth-order valence-electron chi connectivity index (χ4n) is 5.66. The molecule has 0 radical (unpaired) electrons. The van der Waals surface area contributed by atoms with Gasteiger partial charge in [-0.2, -0.15) is 0 Å². The molecule has 2 heterocycles. The number of methoxy groups -OCH3 is 2. The van der Waals surface area contributed by atoms with E-state index in [9.17, 15) is 29.6 Å². The normalized spacial score (nSPS) is 23.9. The number of nitrogens with zero attached hydrogens (tertiary/aromatic N) is 2. The molecule has 5 rings (SSSR count). The molecule has 0 unspecified atom stereocenters. The summed E-state index contributed by atoms with van der Waals surface area (Å²) in [5.41, 5.74) is -1.38. The first-order valence-corrected chi connectivity index (χ1v) is 12.1. The molecule has 2 amide bonds. The fourth-order valence-corrected chi connectivity index (χ4v) is 5.66. The number of aliphatic carboxylic acids is 1. The SMILES string of the molecule is COc1ccc([C@@H]2N[C@](Cc3ccccc3)(C(=O)O)[C@H]3C(=O)N(c4ccc(OC)cc4[N+](=O)[O-])C(=O)[C@H]23)cc1. The van der Waals surface area contributed by atoms with Crippen LogP contribution in [0.1, 0.15) is 17.2 Å². The van der Waals surface area contributed by atoms with Crippen LogP contribution in [0.15, 0.2) is 72.8 Å². The van der Waals surface area contributed by atoms with E-state index >= 15 is 0 Å². The third-order valence-corrected chi connectivity index (χ3v) is 7.46. The number of nitro benzene ring substituents is 1. The van der Waals surface area contributed by atoms with Crippen LogP contribution in [0.4, 0.5) is 11.4 Å². The van der Waals surface area contributed by atoms with Crippen molar-refractivity contribution in [2.24, 2.45) is 11.8 Å².